The van der Waals surface area contributed by atoms with Gasteiger partial charge in [0.1, 0.15) is 10.5 Å². The third kappa shape index (κ3) is 3.96. The van der Waals surface area contributed by atoms with Crippen molar-refractivity contribution in [3.8, 4) is 11.1 Å². The van der Waals surface area contributed by atoms with Crippen LogP contribution >= 0.6 is 11.3 Å². The molecular formula is C22H25FN4O2S. The second-order valence-electron chi connectivity index (χ2n) is 7.78. The monoisotopic (exact) mass is 428 g/mol. The molecule has 1 fully saturated rings. The SMILES string of the molecule is CCC(C)NC(=O)C1CCN(c2nc3c(-c4ccccc4F)csc3c(=O)[nH]2)CC1. The average molecular weight is 429 g/mol. The standard InChI is InChI=1S/C22H25FN4O2S/c1-3-13(2)24-20(28)14-8-10-27(11-9-14)22-25-18-16(12-30-19(18)21(29)26-22)15-6-4-5-7-17(15)23/h4-7,12-14H,3,8-11H2,1-2H3,(H,24,28)(H,25,26,29). The van der Waals surface area contributed by atoms with Gasteiger partial charge in [-0.1, -0.05) is 25.1 Å². The highest BCUT2D eigenvalue weighted by molar-refractivity contribution is 7.17. The van der Waals surface area contributed by atoms with Crippen LogP contribution in [-0.4, -0.2) is 35.0 Å². The van der Waals surface area contributed by atoms with Gasteiger partial charge in [0.15, 0.2) is 0 Å². The zero-order chi connectivity index (χ0) is 21.3. The van der Waals surface area contributed by atoms with Crippen molar-refractivity contribution in [3.63, 3.8) is 0 Å². The van der Waals surface area contributed by atoms with Crippen LogP contribution in [0.2, 0.25) is 0 Å². The van der Waals surface area contributed by atoms with E-state index in [1.54, 1.807) is 23.6 Å². The first-order valence-electron chi connectivity index (χ1n) is 10.3. The predicted octanol–water partition coefficient (Wildman–Crippen LogP) is 3.92. The summed E-state index contributed by atoms with van der Waals surface area (Å²) in [6.07, 6.45) is 2.31. The molecule has 2 aromatic heterocycles. The Kier molecular flexibility index (Phi) is 5.85. The Morgan fingerprint density at radius 1 is 1.33 bits per heavy atom. The van der Waals surface area contributed by atoms with Crippen molar-refractivity contribution >= 4 is 33.4 Å². The van der Waals surface area contributed by atoms with Gasteiger partial charge in [-0.2, -0.15) is 0 Å². The number of aromatic amines is 1. The van der Waals surface area contributed by atoms with Crippen molar-refractivity contribution in [2.75, 3.05) is 18.0 Å². The van der Waals surface area contributed by atoms with Gasteiger partial charge in [-0.15, -0.1) is 11.3 Å². The minimum atomic E-state index is -0.339. The van der Waals surface area contributed by atoms with Crippen molar-refractivity contribution < 1.29 is 9.18 Å². The molecule has 30 heavy (non-hydrogen) atoms. The molecule has 1 aliphatic rings. The van der Waals surface area contributed by atoms with Crippen molar-refractivity contribution in [1.82, 2.24) is 15.3 Å². The molecule has 3 heterocycles. The molecule has 0 radical (unpaired) electrons. The third-order valence-corrected chi connectivity index (χ3v) is 6.71. The number of nitrogens with zero attached hydrogens (tertiary/aromatic N) is 2. The van der Waals surface area contributed by atoms with E-state index in [-0.39, 0.29) is 29.2 Å². The predicted molar refractivity (Wildman–Crippen MR) is 118 cm³/mol. The van der Waals surface area contributed by atoms with Crippen molar-refractivity contribution in [2.45, 2.75) is 39.2 Å². The molecule has 1 saturated heterocycles. The van der Waals surface area contributed by atoms with E-state index in [4.69, 9.17) is 0 Å². The normalized spacial score (nSPS) is 16.0. The molecule has 0 aliphatic carbocycles. The fraction of sp³-hybridized carbons (Fsp3) is 0.409. The number of thiophene rings is 1. The van der Waals surface area contributed by atoms with E-state index < -0.39 is 0 Å². The van der Waals surface area contributed by atoms with Crippen LogP contribution in [0.25, 0.3) is 21.3 Å². The van der Waals surface area contributed by atoms with Crippen LogP contribution in [0.1, 0.15) is 33.1 Å². The van der Waals surface area contributed by atoms with Crippen LogP contribution in [0.5, 0.6) is 0 Å². The minimum absolute atomic E-state index is 0.0270. The maximum Gasteiger partial charge on any atom is 0.270 e. The number of anilines is 1. The molecule has 158 valence electrons. The molecular weight excluding hydrogens is 403 g/mol. The Balaban J connectivity index is 1.57. The molecule has 3 aromatic rings. The summed E-state index contributed by atoms with van der Waals surface area (Å²) in [4.78, 5) is 34.6. The molecule has 1 amide bonds. The number of rotatable bonds is 5. The van der Waals surface area contributed by atoms with Gasteiger partial charge in [-0.25, -0.2) is 9.37 Å². The fourth-order valence-corrected chi connectivity index (χ4v) is 4.65. The van der Waals surface area contributed by atoms with Gasteiger partial charge >= 0.3 is 0 Å². The molecule has 6 nitrogen and oxygen atoms in total. The molecule has 4 rings (SSSR count). The Bertz CT molecular complexity index is 1120. The summed E-state index contributed by atoms with van der Waals surface area (Å²) in [6.45, 7) is 5.31. The van der Waals surface area contributed by atoms with Gasteiger partial charge in [0.25, 0.3) is 5.56 Å². The van der Waals surface area contributed by atoms with Crippen LogP contribution in [0.4, 0.5) is 10.3 Å². The highest BCUT2D eigenvalue weighted by Gasteiger charge is 2.27. The van der Waals surface area contributed by atoms with Gasteiger partial charge in [0, 0.05) is 41.6 Å². The van der Waals surface area contributed by atoms with Crippen LogP contribution in [0.15, 0.2) is 34.4 Å². The summed E-state index contributed by atoms with van der Waals surface area (Å²) in [5.41, 5.74) is 1.36. The van der Waals surface area contributed by atoms with Crippen molar-refractivity contribution in [1.29, 1.82) is 0 Å². The third-order valence-electron chi connectivity index (χ3n) is 5.74. The number of carbonyl (C=O) groups is 1. The molecule has 1 aliphatic heterocycles. The van der Waals surface area contributed by atoms with E-state index in [0.717, 1.165) is 6.42 Å². The molecule has 0 bridgehead atoms. The number of aromatic nitrogens is 2. The van der Waals surface area contributed by atoms with E-state index in [0.29, 0.717) is 53.2 Å². The first kappa shape index (κ1) is 20.5. The number of fused-ring (bicyclic) bond motifs is 1. The summed E-state index contributed by atoms with van der Waals surface area (Å²) in [7, 11) is 0. The Morgan fingerprint density at radius 3 is 2.77 bits per heavy atom. The first-order chi connectivity index (χ1) is 14.5. The summed E-state index contributed by atoms with van der Waals surface area (Å²) in [6, 6.07) is 6.68. The van der Waals surface area contributed by atoms with E-state index in [1.165, 1.54) is 17.4 Å². The van der Waals surface area contributed by atoms with Gasteiger partial charge in [0.05, 0.1) is 5.52 Å². The van der Waals surface area contributed by atoms with Gasteiger partial charge < -0.3 is 10.2 Å². The number of nitrogens with one attached hydrogen (secondary N) is 2. The van der Waals surface area contributed by atoms with Gasteiger partial charge in [-0.3, -0.25) is 14.6 Å². The number of hydrogen-bond acceptors (Lipinski definition) is 5. The van der Waals surface area contributed by atoms with E-state index >= 15 is 0 Å². The summed E-state index contributed by atoms with van der Waals surface area (Å²) >= 11 is 1.27. The molecule has 1 atom stereocenters. The van der Waals surface area contributed by atoms with Gasteiger partial charge in [-0.05, 0) is 32.3 Å². The molecule has 1 aromatic carbocycles. The van der Waals surface area contributed by atoms with Crippen LogP contribution < -0.4 is 15.8 Å². The van der Waals surface area contributed by atoms with E-state index in [1.807, 2.05) is 18.7 Å². The maximum atomic E-state index is 14.3. The highest BCUT2D eigenvalue weighted by atomic mass is 32.1. The summed E-state index contributed by atoms with van der Waals surface area (Å²) < 4.78 is 14.8. The molecule has 0 saturated carbocycles. The van der Waals surface area contributed by atoms with Crippen molar-refractivity contribution in [3.05, 3.63) is 45.8 Å². The lowest BCUT2D eigenvalue weighted by Crippen LogP contribution is -2.43. The second kappa shape index (κ2) is 8.55. The number of piperidine rings is 1. The Labute approximate surface area is 178 Å². The highest BCUT2D eigenvalue weighted by Crippen LogP contribution is 2.33. The molecule has 2 N–H and O–H groups in total. The topological polar surface area (TPSA) is 78.1 Å². The largest absolute Gasteiger partial charge is 0.353 e. The lowest BCUT2D eigenvalue weighted by Gasteiger charge is -2.32. The van der Waals surface area contributed by atoms with Crippen LogP contribution in [0, 0.1) is 11.7 Å². The van der Waals surface area contributed by atoms with Crippen molar-refractivity contribution in [2.24, 2.45) is 5.92 Å². The summed E-state index contributed by atoms with van der Waals surface area (Å²) in [5, 5.41) is 4.83. The van der Waals surface area contributed by atoms with Crippen LogP contribution in [0.3, 0.4) is 0 Å². The first-order valence-corrected chi connectivity index (χ1v) is 11.2. The lowest BCUT2D eigenvalue weighted by atomic mass is 9.95. The molecule has 8 heteroatoms. The van der Waals surface area contributed by atoms with E-state index in [2.05, 4.69) is 15.3 Å². The number of amides is 1. The smallest absolute Gasteiger partial charge is 0.270 e. The number of carbonyl (C=O) groups excluding carboxylic acids is 1. The maximum absolute atomic E-state index is 14.3. The van der Waals surface area contributed by atoms with E-state index in [9.17, 15) is 14.0 Å². The molecule has 0 spiro atoms. The number of H-pyrrole nitrogens is 1. The minimum Gasteiger partial charge on any atom is -0.353 e. The second-order valence-corrected chi connectivity index (χ2v) is 8.66. The average Bonchev–Trinajstić information content (AvgIpc) is 3.18. The number of benzene rings is 1. The number of halogens is 1. The summed E-state index contributed by atoms with van der Waals surface area (Å²) in [5.74, 6) is 0.208. The Morgan fingerprint density at radius 2 is 2.07 bits per heavy atom. The number of hydrogen-bond donors (Lipinski definition) is 2. The quantitative estimate of drug-likeness (QED) is 0.646. The zero-order valence-corrected chi connectivity index (χ0v) is 17.9. The molecule has 1 unspecified atom stereocenters. The van der Waals surface area contributed by atoms with Gasteiger partial charge in [0.2, 0.25) is 11.9 Å². The zero-order valence-electron chi connectivity index (χ0n) is 17.1. The fourth-order valence-electron chi connectivity index (χ4n) is 3.75. The Hall–Kier alpha value is -2.74. The lowest BCUT2D eigenvalue weighted by molar-refractivity contribution is -0.126. The van der Waals surface area contributed by atoms with Crippen LogP contribution in [-0.2, 0) is 4.79 Å².